The summed E-state index contributed by atoms with van der Waals surface area (Å²) in [6, 6.07) is 4.84. The molecule has 0 aliphatic rings. The summed E-state index contributed by atoms with van der Waals surface area (Å²) in [4.78, 5) is 0. The summed E-state index contributed by atoms with van der Waals surface area (Å²) in [5.74, 6) is -0.259. The molecule has 0 heterocycles. The molecule has 37 heavy (non-hydrogen) atoms. The van der Waals surface area contributed by atoms with E-state index in [1.54, 1.807) is 0 Å². The molecule has 3 nitrogen and oxygen atoms in total. The van der Waals surface area contributed by atoms with Crippen LogP contribution in [0.4, 0.5) is 4.39 Å². The van der Waals surface area contributed by atoms with Crippen molar-refractivity contribution in [2.24, 2.45) is 0 Å². The summed E-state index contributed by atoms with van der Waals surface area (Å²) in [6.45, 7) is 11.0. The second-order valence-corrected chi connectivity index (χ2v) is 16.9. The van der Waals surface area contributed by atoms with Gasteiger partial charge in [-0.15, -0.1) is 0 Å². The summed E-state index contributed by atoms with van der Waals surface area (Å²) < 4.78 is 32.4. The second kappa shape index (κ2) is 22.5. The lowest BCUT2D eigenvalue weighted by atomic mass is 10.0. The first-order valence-electron chi connectivity index (χ1n) is 15.1. The van der Waals surface area contributed by atoms with Crippen molar-refractivity contribution in [3.8, 4) is 0 Å². The number of hydrogen-bond donors (Lipinski definition) is 0. The normalized spacial score (nSPS) is 12.8. The zero-order chi connectivity index (χ0) is 27.2. The van der Waals surface area contributed by atoms with E-state index in [0.29, 0.717) is 19.8 Å². The molecule has 216 valence electrons. The molecule has 0 aliphatic carbocycles. The van der Waals surface area contributed by atoms with Crippen LogP contribution in [0.1, 0.15) is 115 Å². The maximum Gasteiger partial charge on any atom is 0.184 e. The molecular formula is C31H56BrFO3Si. The number of halogens is 2. The predicted octanol–water partition coefficient (Wildman–Crippen LogP) is 10.6. The highest BCUT2D eigenvalue weighted by molar-refractivity contribution is 9.10. The Morgan fingerprint density at radius 1 is 0.703 bits per heavy atom. The Morgan fingerprint density at radius 2 is 1.19 bits per heavy atom. The van der Waals surface area contributed by atoms with E-state index in [4.69, 9.17) is 13.9 Å². The number of unbranched alkanes of at least 4 members (excludes halogenated alkanes) is 15. The number of benzene rings is 1. The van der Waals surface area contributed by atoms with Gasteiger partial charge in [0.2, 0.25) is 0 Å². The van der Waals surface area contributed by atoms with E-state index in [9.17, 15) is 4.39 Å². The minimum absolute atomic E-state index is 0.0790. The fraction of sp³-hybridized carbons (Fsp3) is 0.806. The van der Waals surface area contributed by atoms with Crippen LogP contribution in [-0.4, -0.2) is 34.2 Å². The first-order valence-corrected chi connectivity index (χ1v) is 19.3. The number of hydrogen-bond acceptors (Lipinski definition) is 3. The average molecular weight is 604 g/mol. The molecule has 0 bridgehead atoms. The molecule has 0 spiro atoms. The molecule has 1 atom stereocenters. The first-order chi connectivity index (χ1) is 17.8. The third-order valence-electron chi connectivity index (χ3n) is 6.46. The van der Waals surface area contributed by atoms with Crippen LogP contribution in [0.5, 0.6) is 0 Å². The largest absolute Gasteiger partial charge is 0.410 e. The van der Waals surface area contributed by atoms with E-state index < -0.39 is 8.32 Å². The molecule has 0 saturated carbocycles. The van der Waals surface area contributed by atoms with Crippen molar-refractivity contribution in [2.45, 2.75) is 142 Å². The van der Waals surface area contributed by atoms with Crippen molar-refractivity contribution in [2.75, 3.05) is 19.8 Å². The van der Waals surface area contributed by atoms with Crippen molar-refractivity contribution in [3.63, 3.8) is 0 Å². The molecule has 0 unspecified atom stereocenters. The number of rotatable bonds is 25. The third-order valence-corrected chi connectivity index (χ3v) is 7.96. The minimum atomic E-state index is -1.71. The molecule has 0 fully saturated rings. The van der Waals surface area contributed by atoms with Crippen LogP contribution in [0.25, 0.3) is 0 Å². The van der Waals surface area contributed by atoms with Gasteiger partial charge in [0.15, 0.2) is 8.32 Å². The Hall–Kier alpha value is -0.273. The maximum atomic E-state index is 13.6. The molecule has 1 aromatic carbocycles. The van der Waals surface area contributed by atoms with Gasteiger partial charge < -0.3 is 13.9 Å². The fourth-order valence-electron chi connectivity index (χ4n) is 4.59. The summed E-state index contributed by atoms with van der Waals surface area (Å²) in [5.41, 5.74) is 0.813. The molecule has 1 aromatic rings. The van der Waals surface area contributed by atoms with Gasteiger partial charge in [0, 0.05) is 11.1 Å². The molecule has 0 N–H and O–H groups in total. The zero-order valence-corrected chi connectivity index (χ0v) is 27.0. The SMILES string of the molecule is CCCCCCCCCCCCCCCCCCOC[C@H](COCc1cc(F)cc(Br)c1)O[Si](C)(C)C. The topological polar surface area (TPSA) is 27.7 Å². The number of ether oxygens (including phenoxy) is 2. The van der Waals surface area contributed by atoms with E-state index in [1.807, 2.05) is 6.07 Å². The van der Waals surface area contributed by atoms with Gasteiger partial charge in [-0.25, -0.2) is 4.39 Å². The third kappa shape index (κ3) is 22.3. The highest BCUT2D eigenvalue weighted by Crippen LogP contribution is 2.17. The van der Waals surface area contributed by atoms with Crippen LogP contribution >= 0.6 is 15.9 Å². The van der Waals surface area contributed by atoms with E-state index in [2.05, 4.69) is 42.5 Å². The molecule has 6 heteroatoms. The lowest BCUT2D eigenvalue weighted by Gasteiger charge is -2.26. The van der Waals surface area contributed by atoms with Crippen molar-refractivity contribution >= 4 is 24.2 Å². The highest BCUT2D eigenvalue weighted by Gasteiger charge is 2.21. The molecule has 0 amide bonds. The van der Waals surface area contributed by atoms with Gasteiger partial charge in [-0.1, -0.05) is 119 Å². The van der Waals surface area contributed by atoms with Gasteiger partial charge in [0.25, 0.3) is 0 Å². The Bertz CT molecular complexity index is 648. The Balaban J connectivity index is 2.01. The van der Waals surface area contributed by atoms with Crippen molar-refractivity contribution in [1.82, 2.24) is 0 Å². The van der Waals surface area contributed by atoms with E-state index in [-0.39, 0.29) is 11.9 Å². The van der Waals surface area contributed by atoms with Gasteiger partial charge in [0.05, 0.1) is 25.9 Å². The monoisotopic (exact) mass is 602 g/mol. The molecule has 1 rings (SSSR count). The molecule has 0 radical (unpaired) electrons. The van der Waals surface area contributed by atoms with Crippen LogP contribution in [0.3, 0.4) is 0 Å². The van der Waals surface area contributed by atoms with Crippen LogP contribution in [-0.2, 0) is 20.5 Å². The van der Waals surface area contributed by atoms with Crippen molar-refractivity contribution in [1.29, 1.82) is 0 Å². The summed E-state index contributed by atoms with van der Waals surface area (Å²) in [7, 11) is -1.71. The molecule has 0 aromatic heterocycles. The standard InChI is InChI=1S/C31H56BrFO3Si/c1-5-6-7-8-9-10-11-12-13-14-15-16-17-18-19-20-21-34-26-31(36-37(2,3)4)27-35-25-28-22-29(32)24-30(33)23-28/h22-24,31H,5-21,25-27H2,1-4H3/t31-/m1/s1. The van der Waals surface area contributed by atoms with E-state index in [1.165, 1.54) is 108 Å². The smallest absolute Gasteiger partial charge is 0.184 e. The molecule has 0 saturated heterocycles. The van der Waals surface area contributed by atoms with Crippen LogP contribution in [0.2, 0.25) is 19.6 Å². The Morgan fingerprint density at radius 3 is 1.68 bits per heavy atom. The minimum Gasteiger partial charge on any atom is -0.410 e. The molecular weight excluding hydrogens is 547 g/mol. The first kappa shape index (κ1) is 34.8. The van der Waals surface area contributed by atoms with E-state index in [0.717, 1.165) is 23.1 Å². The fourth-order valence-corrected chi connectivity index (χ4v) is 6.23. The summed E-state index contributed by atoms with van der Waals surface area (Å²) in [5, 5.41) is 0. The quantitative estimate of drug-likeness (QED) is 0.0822. The van der Waals surface area contributed by atoms with E-state index >= 15 is 0 Å². The summed E-state index contributed by atoms with van der Waals surface area (Å²) >= 11 is 3.33. The predicted molar refractivity (Wildman–Crippen MR) is 162 cm³/mol. The lowest BCUT2D eigenvalue weighted by Crippen LogP contribution is -2.37. The van der Waals surface area contributed by atoms with Crippen molar-refractivity contribution < 1.29 is 18.3 Å². The summed E-state index contributed by atoms with van der Waals surface area (Å²) in [6.07, 6.45) is 21.9. The Labute approximate surface area is 237 Å². The van der Waals surface area contributed by atoms with Crippen LogP contribution < -0.4 is 0 Å². The van der Waals surface area contributed by atoms with Crippen molar-refractivity contribution in [3.05, 3.63) is 34.1 Å². The van der Waals surface area contributed by atoms with Gasteiger partial charge >= 0.3 is 0 Å². The van der Waals surface area contributed by atoms with Crippen LogP contribution in [0, 0.1) is 5.82 Å². The second-order valence-electron chi connectivity index (χ2n) is 11.5. The van der Waals surface area contributed by atoms with Gasteiger partial charge in [-0.3, -0.25) is 0 Å². The lowest BCUT2D eigenvalue weighted by molar-refractivity contribution is -0.0154. The maximum absolute atomic E-state index is 13.6. The van der Waals surface area contributed by atoms with Gasteiger partial charge in [-0.2, -0.15) is 0 Å². The van der Waals surface area contributed by atoms with Crippen LogP contribution in [0.15, 0.2) is 22.7 Å². The van der Waals surface area contributed by atoms with Gasteiger partial charge in [-0.05, 0) is 49.8 Å². The average Bonchev–Trinajstić information content (AvgIpc) is 2.81. The molecule has 0 aliphatic heterocycles. The Kier molecular flexibility index (Phi) is 21.2. The highest BCUT2D eigenvalue weighted by atomic mass is 79.9. The van der Waals surface area contributed by atoms with Gasteiger partial charge in [0.1, 0.15) is 5.82 Å². The zero-order valence-electron chi connectivity index (χ0n) is 24.4.